The molecule has 0 radical (unpaired) electrons. The summed E-state index contributed by atoms with van der Waals surface area (Å²) < 4.78 is 26.6. The van der Waals surface area contributed by atoms with Crippen LogP contribution in [0.5, 0.6) is 0 Å². The molecule has 0 aliphatic carbocycles. The number of rotatable bonds is 4. The first kappa shape index (κ1) is 19.8. The van der Waals surface area contributed by atoms with E-state index in [0.29, 0.717) is 11.5 Å². The lowest BCUT2D eigenvalue weighted by Gasteiger charge is -2.34. The zero-order valence-electron chi connectivity index (χ0n) is 16.6. The third-order valence-electron chi connectivity index (χ3n) is 6.08. The number of benzene rings is 1. The van der Waals surface area contributed by atoms with Gasteiger partial charge in [-0.3, -0.25) is 4.79 Å². The van der Waals surface area contributed by atoms with Crippen LogP contribution in [0.15, 0.2) is 36.5 Å². The maximum Gasteiger partial charge on any atom is 0.257 e. The molecular weight excluding hydrogens is 372 g/mol. The Balaban J connectivity index is 1.41. The Hall–Kier alpha value is -2.50. The Bertz CT molecular complexity index is 859. The molecule has 154 valence electrons. The van der Waals surface area contributed by atoms with Crippen molar-refractivity contribution in [3.8, 4) is 0 Å². The summed E-state index contributed by atoms with van der Waals surface area (Å²) in [6, 6.07) is 7.88. The normalized spacial score (nSPS) is 18.1. The van der Waals surface area contributed by atoms with Crippen LogP contribution in [0.2, 0.25) is 0 Å². The van der Waals surface area contributed by atoms with Gasteiger partial charge in [-0.1, -0.05) is 6.07 Å². The number of piperidine rings is 2. The first-order valence-corrected chi connectivity index (χ1v) is 10.5. The van der Waals surface area contributed by atoms with Gasteiger partial charge in [0.1, 0.15) is 5.82 Å². The molecule has 2 aliphatic heterocycles. The lowest BCUT2D eigenvalue weighted by molar-refractivity contribution is 0.0724. The number of likely N-dealkylation sites (tertiary alicyclic amines) is 1. The van der Waals surface area contributed by atoms with E-state index in [0.717, 1.165) is 69.7 Å². The molecule has 1 amide bonds. The minimum atomic E-state index is -0.801. The monoisotopic (exact) mass is 399 g/mol. The molecule has 0 N–H and O–H groups in total. The Morgan fingerprint density at radius 2 is 1.76 bits per heavy atom. The quantitative estimate of drug-likeness (QED) is 0.762. The molecule has 0 atom stereocenters. The predicted molar refractivity (Wildman–Crippen MR) is 109 cm³/mol. The fourth-order valence-corrected chi connectivity index (χ4v) is 4.43. The Morgan fingerprint density at radius 3 is 2.48 bits per heavy atom. The topological polar surface area (TPSA) is 36.4 Å². The molecule has 0 bridgehead atoms. The number of hydrogen-bond acceptors (Lipinski definition) is 3. The van der Waals surface area contributed by atoms with E-state index in [2.05, 4.69) is 9.88 Å². The fourth-order valence-electron chi connectivity index (χ4n) is 4.43. The van der Waals surface area contributed by atoms with E-state index in [1.807, 2.05) is 17.0 Å². The zero-order valence-corrected chi connectivity index (χ0v) is 16.6. The highest BCUT2D eigenvalue weighted by atomic mass is 19.2. The highest BCUT2D eigenvalue weighted by Gasteiger charge is 2.26. The van der Waals surface area contributed by atoms with Gasteiger partial charge in [0.2, 0.25) is 0 Å². The fraction of sp³-hybridized carbons (Fsp3) is 0.478. The van der Waals surface area contributed by atoms with Crippen molar-refractivity contribution in [1.29, 1.82) is 0 Å². The molecule has 4 nitrogen and oxygen atoms in total. The van der Waals surface area contributed by atoms with E-state index >= 15 is 0 Å². The predicted octanol–water partition coefficient (Wildman–Crippen LogP) is 4.45. The van der Waals surface area contributed by atoms with Crippen LogP contribution in [-0.4, -0.2) is 42.0 Å². The Morgan fingerprint density at radius 1 is 1.00 bits per heavy atom. The molecule has 3 heterocycles. The SMILES string of the molecule is O=C(c1cccnc1N1CCC(Cc2ccc(F)c(F)c2)CC1)N1CCCCC1. The average Bonchev–Trinajstić information content (AvgIpc) is 2.77. The van der Waals surface area contributed by atoms with Crippen LogP contribution < -0.4 is 4.90 Å². The van der Waals surface area contributed by atoms with Crippen molar-refractivity contribution in [2.75, 3.05) is 31.1 Å². The van der Waals surface area contributed by atoms with Gasteiger partial charge in [0, 0.05) is 32.4 Å². The van der Waals surface area contributed by atoms with Crippen molar-refractivity contribution in [1.82, 2.24) is 9.88 Å². The van der Waals surface area contributed by atoms with Gasteiger partial charge in [0.15, 0.2) is 11.6 Å². The standard InChI is InChI=1S/C23H27F2N3O/c24-20-7-6-18(16-21(20)25)15-17-8-13-27(14-9-17)22-19(5-4-10-26-22)23(29)28-11-2-1-3-12-28/h4-7,10,16-17H,1-3,8-9,11-15H2. The first-order chi connectivity index (χ1) is 14.1. The molecule has 2 fully saturated rings. The molecular formula is C23H27F2N3O. The van der Waals surface area contributed by atoms with Crippen LogP contribution in [-0.2, 0) is 6.42 Å². The number of carbonyl (C=O) groups excluding carboxylic acids is 1. The van der Waals surface area contributed by atoms with E-state index in [4.69, 9.17) is 0 Å². The number of pyridine rings is 1. The van der Waals surface area contributed by atoms with E-state index in [9.17, 15) is 13.6 Å². The second-order valence-electron chi connectivity index (χ2n) is 8.11. The Kier molecular flexibility index (Phi) is 6.07. The van der Waals surface area contributed by atoms with Crippen molar-refractivity contribution >= 4 is 11.7 Å². The molecule has 6 heteroatoms. The summed E-state index contributed by atoms with van der Waals surface area (Å²) in [4.78, 5) is 21.7. The minimum Gasteiger partial charge on any atom is -0.356 e. The van der Waals surface area contributed by atoms with Gasteiger partial charge in [-0.15, -0.1) is 0 Å². The number of carbonyl (C=O) groups is 1. The molecule has 0 spiro atoms. The van der Waals surface area contributed by atoms with Crippen molar-refractivity contribution < 1.29 is 13.6 Å². The molecule has 1 aromatic carbocycles. The summed E-state index contributed by atoms with van der Waals surface area (Å²) in [5, 5.41) is 0. The Labute approximate surface area is 170 Å². The largest absolute Gasteiger partial charge is 0.356 e. The highest BCUT2D eigenvalue weighted by molar-refractivity contribution is 5.99. The van der Waals surface area contributed by atoms with Crippen molar-refractivity contribution in [3.63, 3.8) is 0 Å². The molecule has 4 rings (SSSR count). The second kappa shape index (κ2) is 8.89. The molecule has 1 aromatic heterocycles. The third-order valence-corrected chi connectivity index (χ3v) is 6.08. The van der Waals surface area contributed by atoms with Crippen LogP contribution in [0.3, 0.4) is 0 Å². The van der Waals surface area contributed by atoms with E-state index in [-0.39, 0.29) is 5.91 Å². The van der Waals surface area contributed by atoms with Crippen LogP contribution in [0, 0.1) is 17.6 Å². The van der Waals surface area contributed by atoms with Crippen molar-refractivity contribution in [2.45, 2.75) is 38.5 Å². The van der Waals surface area contributed by atoms with Crippen LogP contribution in [0.1, 0.15) is 48.0 Å². The van der Waals surface area contributed by atoms with E-state index in [1.165, 1.54) is 18.6 Å². The highest BCUT2D eigenvalue weighted by Crippen LogP contribution is 2.28. The average molecular weight is 399 g/mol. The smallest absolute Gasteiger partial charge is 0.257 e. The van der Waals surface area contributed by atoms with Gasteiger partial charge in [0.05, 0.1) is 5.56 Å². The van der Waals surface area contributed by atoms with Gasteiger partial charge in [0.25, 0.3) is 5.91 Å². The second-order valence-corrected chi connectivity index (χ2v) is 8.11. The summed E-state index contributed by atoms with van der Waals surface area (Å²) in [6.07, 6.45) is 7.69. The van der Waals surface area contributed by atoms with Crippen LogP contribution in [0.25, 0.3) is 0 Å². The molecule has 2 aromatic rings. The molecule has 2 saturated heterocycles. The minimum absolute atomic E-state index is 0.0803. The van der Waals surface area contributed by atoms with Gasteiger partial charge in [-0.05, 0) is 74.3 Å². The van der Waals surface area contributed by atoms with E-state index < -0.39 is 11.6 Å². The number of aromatic nitrogens is 1. The number of amides is 1. The lowest BCUT2D eigenvalue weighted by Crippen LogP contribution is -2.39. The third kappa shape index (κ3) is 4.57. The summed E-state index contributed by atoms with van der Waals surface area (Å²) in [6.45, 7) is 3.27. The number of halogens is 2. The van der Waals surface area contributed by atoms with Crippen LogP contribution in [0.4, 0.5) is 14.6 Å². The van der Waals surface area contributed by atoms with Gasteiger partial charge >= 0.3 is 0 Å². The van der Waals surface area contributed by atoms with Crippen molar-refractivity contribution in [3.05, 3.63) is 59.3 Å². The van der Waals surface area contributed by atoms with Gasteiger partial charge in [-0.2, -0.15) is 0 Å². The first-order valence-electron chi connectivity index (χ1n) is 10.5. The maximum absolute atomic E-state index is 13.5. The molecule has 29 heavy (non-hydrogen) atoms. The maximum atomic E-state index is 13.5. The van der Waals surface area contributed by atoms with Gasteiger partial charge < -0.3 is 9.80 Å². The summed E-state index contributed by atoms with van der Waals surface area (Å²) >= 11 is 0. The van der Waals surface area contributed by atoms with E-state index in [1.54, 1.807) is 12.3 Å². The van der Waals surface area contributed by atoms with Crippen molar-refractivity contribution in [2.24, 2.45) is 5.92 Å². The molecule has 0 unspecified atom stereocenters. The summed E-state index contributed by atoms with van der Waals surface area (Å²) in [5.74, 6) is -0.314. The van der Waals surface area contributed by atoms with Gasteiger partial charge in [-0.25, -0.2) is 13.8 Å². The number of anilines is 1. The molecule has 0 saturated carbocycles. The molecule has 2 aliphatic rings. The summed E-state index contributed by atoms with van der Waals surface area (Å²) in [7, 11) is 0. The summed E-state index contributed by atoms with van der Waals surface area (Å²) in [5.41, 5.74) is 1.52. The zero-order chi connectivity index (χ0) is 20.2. The number of nitrogens with zero attached hydrogens (tertiary/aromatic N) is 3. The van der Waals surface area contributed by atoms with Crippen LogP contribution >= 0.6 is 0 Å². The lowest BCUT2D eigenvalue weighted by atomic mass is 9.90. The number of hydrogen-bond donors (Lipinski definition) is 0.